The first kappa shape index (κ1) is 38.0. The van der Waals surface area contributed by atoms with E-state index in [1.54, 1.807) is 7.05 Å². The van der Waals surface area contributed by atoms with Crippen LogP contribution >= 0.6 is 9.90 Å². The Balaban J connectivity index is -0.0000000431. The third-order valence-electron chi connectivity index (χ3n) is 1.74. The molecule has 0 heterocycles. The Hall–Kier alpha value is 0.0939. The molecule has 0 aliphatic carbocycles. The zero-order valence-corrected chi connectivity index (χ0v) is 20.4. The van der Waals surface area contributed by atoms with E-state index in [1.807, 2.05) is 59.7 Å². The number of rotatable bonds is 1. The predicted octanol–water partition coefficient (Wildman–Crippen LogP) is 5.13. The summed E-state index contributed by atoms with van der Waals surface area (Å²) < 4.78 is 0. The second-order valence-corrected chi connectivity index (χ2v) is 2.82. The van der Waals surface area contributed by atoms with Gasteiger partial charge in [0, 0.05) is 46.7 Å². The fourth-order valence-corrected chi connectivity index (χ4v) is 0.801. The monoisotopic (exact) mass is 404 g/mol. The minimum atomic E-state index is 0. The third-order valence-corrected chi connectivity index (χ3v) is 1.74. The van der Waals surface area contributed by atoms with Gasteiger partial charge in [0.05, 0.1) is 0 Å². The van der Waals surface area contributed by atoms with Gasteiger partial charge in [0.25, 0.3) is 0 Å². The SMILES string of the molecule is CC.CC.CC.CNC(C)=O.P.[CH2-]Cc1ccccc1[CH2-].[Y]. The molecule has 1 aromatic rings. The summed E-state index contributed by atoms with van der Waals surface area (Å²) in [7, 11) is 1.60. The van der Waals surface area contributed by atoms with Crippen LogP contribution in [0.15, 0.2) is 24.3 Å². The molecule has 0 spiro atoms. The zero-order valence-electron chi connectivity index (χ0n) is 16.1. The molecule has 0 bridgehead atoms. The van der Waals surface area contributed by atoms with Gasteiger partial charge in [-0.05, 0) is 0 Å². The summed E-state index contributed by atoms with van der Waals surface area (Å²) in [6.45, 7) is 21.1. The average Bonchev–Trinajstić information content (AvgIpc) is 2.54. The summed E-state index contributed by atoms with van der Waals surface area (Å²) in [5.74, 6) is 0.00463. The van der Waals surface area contributed by atoms with Crippen molar-refractivity contribution < 1.29 is 37.5 Å². The van der Waals surface area contributed by atoms with Crippen molar-refractivity contribution in [1.29, 1.82) is 0 Å². The molecule has 1 amide bonds. The Labute approximate surface area is 169 Å². The Kier molecular flexibility index (Phi) is 64.5. The van der Waals surface area contributed by atoms with Gasteiger partial charge in [-0.25, -0.2) is 6.42 Å². The van der Waals surface area contributed by atoms with Crippen LogP contribution in [-0.2, 0) is 43.9 Å². The van der Waals surface area contributed by atoms with Gasteiger partial charge >= 0.3 is 0 Å². The van der Waals surface area contributed by atoms with E-state index in [9.17, 15) is 4.79 Å². The van der Waals surface area contributed by atoms with Crippen molar-refractivity contribution in [3.8, 4) is 0 Å². The van der Waals surface area contributed by atoms with Gasteiger partial charge in [0.2, 0.25) is 5.91 Å². The minimum absolute atomic E-state index is 0. The van der Waals surface area contributed by atoms with Crippen LogP contribution < -0.4 is 5.32 Å². The minimum Gasteiger partial charge on any atom is -0.359 e. The molecule has 1 atom stereocenters. The van der Waals surface area contributed by atoms with E-state index in [4.69, 9.17) is 0 Å². The van der Waals surface area contributed by atoms with Gasteiger partial charge in [-0.2, -0.15) is 34.0 Å². The van der Waals surface area contributed by atoms with Gasteiger partial charge in [-0.3, -0.25) is 4.79 Å². The smallest absolute Gasteiger partial charge is 0.216 e. The molecule has 1 unspecified atom stereocenters. The molecular weight excluding hydrogens is 366 g/mol. The zero-order chi connectivity index (χ0) is 17.0. The maximum absolute atomic E-state index is 9.70. The van der Waals surface area contributed by atoms with Crippen molar-refractivity contribution >= 4 is 15.8 Å². The van der Waals surface area contributed by atoms with Crippen LogP contribution in [0.4, 0.5) is 0 Å². The molecule has 0 saturated heterocycles. The van der Waals surface area contributed by atoms with Gasteiger partial charge < -0.3 is 12.2 Å². The molecule has 1 aromatic carbocycles. The second kappa shape index (κ2) is 37.4. The van der Waals surface area contributed by atoms with Gasteiger partial charge in [-0.15, -0.1) is 12.1 Å². The van der Waals surface area contributed by atoms with Crippen molar-refractivity contribution in [3.05, 3.63) is 49.2 Å². The van der Waals surface area contributed by atoms with Crippen LogP contribution in [0.5, 0.6) is 0 Å². The number of carbonyl (C=O) groups is 1. The van der Waals surface area contributed by atoms with Crippen molar-refractivity contribution in [2.24, 2.45) is 0 Å². The Morgan fingerprint density at radius 1 is 1.05 bits per heavy atom. The van der Waals surface area contributed by atoms with Crippen molar-refractivity contribution in [2.75, 3.05) is 7.05 Å². The van der Waals surface area contributed by atoms with Gasteiger partial charge in [0.1, 0.15) is 0 Å². The number of benzene rings is 1. The normalized spacial score (nSPS) is 6.23. The van der Waals surface area contributed by atoms with Crippen LogP contribution in [0, 0.1) is 13.8 Å². The molecule has 2 nitrogen and oxygen atoms in total. The first-order chi connectivity index (χ1) is 9.61. The van der Waals surface area contributed by atoms with E-state index in [-0.39, 0.29) is 48.5 Å². The van der Waals surface area contributed by atoms with E-state index in [2.05, 4.69) is 25.2 Å². The van der Waals surface area contributed by atoms with Crippen molar-refractivity contribution in [2.45, 2.75) is 54.9 Å². The summed E-state index contributed by atoms with van der Waals surface area (Å²) in [4.78, 5) is 9.70. The van der Waals surface area contributed by atoms with Crippen LogP contribution in [0.25, 0.3) is 0 Å². The van der Waals surface area contributed by atoms with Crippen LogP contribution in [0.3, 0.4) is 0 Å². The Bertz CT molecular complexity index is 294. The molecule has 1 radical (unpaired) electrons. The van der Waals surface area contributed by atoms with Crippen molar-refractivity contribution in [1.82, 2.24) is 5.32 Å². The number of amides is 1. The molecule has 131 valence electrons. The largest absolute Gasteiger partial charge is 0.359 e. The molecule has 1 rings (SSSR count). The van der Waals surface area contributed by atoms with Crippen LogP contribution in [0.1, 0.15) is 59.6 Å². The summed E-state index contributed by atoms with van der Waals surface area (Å²) in [6.07, 6.45) is 0.833. The molecule has 1 N–H and O–H groups in total. The number of nitrogens with one attached hydrogen (secondary N) is 1. The summed E-state index contributed by atoms with van der Waals surface area (Å²) >= 11 is 0. The second-order valence-electron chi connectivity index (χ2n) is 2.82. The Morgan fingerprint density at radius 3 is 1.55 bits per heavy atom. The first-order valence-electron chi connectivity index (χ1n) is 7.49. The van der Waals surface area contributed by atoms with Gasteiger partial charge in [0.15, 0.2) is 0 Å². The Morgan fingerprint density at radius 2 is 1.36 bits per heavy atom. The molecule has 0 aliphatic rings. The fourth-order valence-electron chi connectivity index (χ4n) is 0.801. The number of carbonyl (C=O) groups excluding carboxylic acids is 1. The van der Waals surface area contributed by atoms with E-state index in [0.717, 1.165) is 12.0 Å². The standard InChI is InChI=1S/C9H10.C3H7NO.3C2H6.H3P.Y/c1-3-9-7-5-4-6-8(9)2;1-3(5)4-2;3*1-2;;/h4-7H,1-3H2;1-2H3,(H,4,5);3*1-2H3;1H3;/q-2;;;;;;. The molecule has 0 aliphatic heterocycles. The molecular formula is C18H38NOPY-2. The third kappa shape index (κ3) is 32.2. The maximum atomic E-state index is 9.70. The van der Waals surface area contributed by atoms with Gasteiger partial charge in [-0.1, -0.05) is 47.6 Å². The number of hydrogen-bond acceptors (Lipinski definition) is 1. The molecule has 0 saturated carbocycles. The average molecular weight is 404 g/mol. The molecule has 4 heteroatoms. The van der Waals surface area contributed by atoms with E-state index in [1.165, 1.54) is 12.5 Å². The van der Waals surface area contributed by atoms with E-state index in [0.29, 0.717) is 0 Å². The van der Waals surface area contributed by atoms with E-state index < -0.39 is 0 Å². The predicted molar refractivity (Wildman–Crippen MR) is 105 cm³/mol. The maximum Gasteiger partial charge on any atom is 0.216 e. The molecule has 0 fully saturated rings. The molecule has 22 heavy (non-hydrogen) atoms. The quantitative estimate of drug-likeness (QED) is 0.510. The van der Waals surface area contributed by atoms with Crippen molar-refractivity contribution in [3.63, 3.8) is 0 Å². The molecule has 0 aromatic heterocycles. The van der Waals surface area contributed by atoms with Crippen LogP contribution in [0.2, 0.25) is 0 Å². The van der Waals surface area contributed by atoms with Crippen LogP contribution in [-0.4, -0.2) is 13.0 Å². The topological polar surface area (TPSA) is 29.1 Å². The number of hydrogen-bond donors (Lipinski definition) is 1. The summed E-state index contributed by atoms with van der Waals surface area (Å²) in [5, 5.41) is 2.39. The van der Waals surface area contributed by atoms with E-state index >= 15 is 0 Å². The first-order valence-corrected chi connectivity index (χ1v) is 7.49. The fraction of sp³-hybridized carbons (Fsp3) is 0.500. The summed E-state index contributed by atoms with van der Waals surface area (Å²) in [6, 6.07) is 8.05. The summed E-state index contributed by atoms with van der Waals surface area (Å²) in [5.41, 5.74) is 2.32.